The Morgan fingerprint density at radius 1 is 1.12 bits per heavy atom. The van der Waals surface area contributed by atoms with Gasteiger partial charge in [-0.25, -0.2) is 4.98 Å². The Morgan fingerprint density at radius 3 is 2.48 bits per heavy atom. The Labute approximate surface area is 224 Å². The first-order valence-corrected chi connectivity index (χ1v) is 11.8. The minimum atomic E-state index is -4.67. The second-order valence-corrected chi connectivity index (χ2v) is 8.98. The van der Waals surface area contributed by atoms with Crippen molar-refractivity contribution in [2.24, 2.45) is 5.16 Å². The number of anilines is 2. The van der Waals surface area contributed by atoms with Crippen LogP contribution in [-0.2, 0) is 33.7 Å². The van der Waals surface area contributed by atoms with Crippen LogP contribution in [0.2, 0.25) is 0 Å². The molecule has 1 aliphatic rings. The summed E-state index contributed by atoms with van der Waals surface area (Å²) < 4.78 is 41.3. The lowest BCUT2D eigenvalue weighted by Gasteiger charge is -2.17. The molecule has 15 heteroatoms. The number of nitrogens with one attached hydrogen (secondary N) is 3. The number of carbonyl (C=O) groups excluding carboxylic acids is 2. The van der Waals surface area contributed by atoms with E-state index in [1.165, 1.54) is 12.3 Å². The first-order chi connectivity index (χ1) is 18.9. The van der Waals surface area contributed by atoms with Crippen LogP contribution in [-0.4, -0.2) is 33.5 Å². The number of hydrogen-bond acceptors (Lipinski definition) is 10. The second kappa shape index (κ2) is 11.3. The Bertz CT molecular complexity index is 1520. The van der Waals surface area contributed by atoms with Crippen LogP contribution in [0.3, 0.4) is 0 Å². The van der Waals surface area contributed by atoms with Crippen molar-refractivity contribution in [2.75, 3.05) is 11.1 Å². The van der Waals surface area contributed by atoms with Crippen LogP contribution in [0, 0.1) is 0 Å². The molecule has 1 aromatic heterocycles. The van der Waals surface area contributed by atoms with Crippen LogP contribution in [0.1, 0.15) is 30.5 Å². The van der Waals surface area contributed by atoms with Crippen molar-refractivity contribution in [3.05, 3.63) is 75.7 Å². The fourth-order valence-electron chi connectivity index (χ4n) is 3.71. The first kappa shape index (κ1) is 27.9. The zero-order valence-corrected chi connectivity index (χ0v) is 21.2. The molecule has 0 saturated heterocycles. The van der Waals surface area contributed by atoms with Crippen molar-refractivity contribution in [3.8, 4) is 11.3 Å². The Kier molecular flexibility index (Phi) is 7.93. The topological polar surface area (TPSA) is 162 Å². The molecule has 210 valence electrons. The smallest absolute Gasteiger partial charge is 0.399 e. The van der Waals surface area contributed by atoms with Gasteiger partial charge in [0, 0.05) is 29.4 Å². The van der Waals surface area contributed by atoms with Crippen molar-refractivity contribution in [3.63, 3.8) is 0 Å². The summed E-state index contributed by atoms with van der Waals surface area (Å²) in [5, 5.41) is 9.12. The van der Waals surface area contributed by atoms with E-state index in [0.29, 0.717) is 11.1 Å². The standard InChI is InChI=1S/C25H24F3N7O5/c1-13(2)32-22-23(37)35(19(11-31-22)16-7-17(25(26,27)28)9-18(29)8-16)12-20(36)30-10-14-3-5-15(6-4-14)21-33-39-24(38)40-34-21/h3-9,11,13H,10,12,29H2,1-2H3,(H,30,36)(H,31,32)(H,33,34). The highest BCUT2D eigenvalue weighted by molar-refractivity contribution is 5.99. The average Bonchev–Trinajstić information content (AvgIpc) is 2.89. The lowest BCUT2D eigenvalue weighted by molar-refractivity contribution is -0.137. The van der Waals surface area contributed by atoms with Crippen molar-refractivity contribution >= 4 is 29.4 Å². The maximum atomic E-state index is 13.4. The predicted octanol–water partition coefficient (Wildman–Crippen LogP) is 2.98. The number of amidine groups is 1. The third-order valence-corrected chi connectivity index (χ3v) is 5.52. The maximum absolute atomic E-state index is 13.4. The molecule has 5 N–H and O–H groups in total. The van der Waals surface area contributed by atoms with Crippen LogP contribution >= 0.6 is 0 Å². The summed E-state index contributed by atoms with van der Waals surface area (Å²) in [4.78, 5) is 50.0. The number of benzene rings is 2. The summed E-state index contributed by atoms with van der Waals surface area (Å²) in [6, 6.07) is 9.36. The number of carbonyl (C=O) groups is 2. The van der Waals surface area contributed by atoms with Gasteiger partial charge in [-0.2, -0.15) is 23.4 Å². The van der Waals surface area contributed by atoms with Gasteiger partial charge in [-0.05, 0) is 37.6 Å². The molecular weight excluding hydrogens is 535 g/mol. The number of nitrogen functional groups attached to an aromatic ring is 1. The minimum Gasteiger partial charge on any atom is -0.399 e. The number of amides is 1. The number of nitrogens with two attached hydrogens (primary N) is 1. The van der Waals surface area contributed by atoms with E-state index < -0.39 is 35.9 Å². The molecule has 0 unspecified atom stereocenters. The zero-order chi connectivity index (χ0) is 29.0. The van der Waals surface area contributed by atoms with Crippen LogP contribution < -0.4 is 27.4 Å². The molecule has 4 rings (SSSR count). The van der Waals surface area contributed by atoms with Gasteiger partial charge in [0.1, 0.15) is 6.54 Å². The molecule has 1 amide bonds. The molecule has 0 radical (unpaired) electrons. The van der Waals surface area contributed by atoms with Gasteiger partial charge in [0.25, 0.3) is 5.56 Å². The summed E-state index contributed by atoms with van der Waals surface area (Å²) in [7, 11) is 0. The van der Waals surface area contributed by atoms with Gasteiger partial charge in [0.05, 0.1) is 17.5 Å². The van der Waals surface area contributed by atoms with E-state index in [1.54, 1.807) is 38.1 Å². The summed E-state index contributed by atoms with van der Waals surface area (Å²) in [6.45, 7) is 3.14. The van der Waals surface area contributed by atoms with Crippen LogP contribution in [0.5, 0.6) is 0 Å². The summed E-state index contributed by atoms with van der Waals surface area (Å²) in [5.41, 5.74) is 7.38. The molecular formula is C25H24F3N7O5. The lowest BCUT2D eigenvalue weighted by atomic mass is 10.1. The van der Waals surface area contributed by atoms with Crippen LogP contribution in [0.15, 0.2) is 58.6 Å². The Morgan fingerprint density at radius 2 is 1.85 bits per heavy atom. The fraction of sp³-hybridized carbons (Fsp3) is 0.240. The van der Waals surface area contributed by atoms with Gasteiger partial charge in [0.2, 0.25) is 11.7 Å². The molecule has 0 aliphatic carbocycles. The van der Waals surface area contributed by atoms with Crippen molar-refractivity contribution in [2.45, 2.75) is 39.2 Å². The van der Waals surface area contributed by atoms with E-state index in [2.05, 4.69) is 35.9 Å². The van der Waals surface area contributed by atoms with Gasteiger partial charge < -0.3 is 21.2 Å². The summed E-state index contributed by atoms with van der Waals surface area (Å²) in [6.07, 6.45) is -4.45. The molecule has 40 heavy (non-hydrogen) atoms. The Hall–Kier alpha value is -5.08. The Balaban J connectivity index is 1.56. The monoisotopic (exact) mass is 559 g/mol. The molecule has 0 bridgehead atoms. The quantitative estimate of drug-likeness (QED) is 0.240. The zero-order valence-electron chi connectivity index (χ0n) is 21.2. The number of nitrogens with zero attached hydrogens (tertiary/aromatic N) is 3. The van der Waals surface area contributed by atoms with Crippen molar-refractivity contribution in [1.82, 2.24) is 20.3 Å². The van der Waals surface area contributed by atoms with Crippen molar-refractivity contribution in [1.29, 1.82) is 0 Å². The van der Waals surface area contributed by atoms with E-state index in [-0.39, 0.29) is 41.2 Å². The molecule has 0 spiro atoms. The van der Waals surface area contributed by atoms with E-state index in [4.69, 9.17) is 5.73 Å². The average molecular weight is 560 g/mol. The number of oxime groups is 1. The van der Waals surface area contributed by atoms with Gasteiger partial charge in [0.15, 0.2) is 5.82 Å². The van der Waals surface area contributed by atoms with Gasteiger partial charge in [-0.15, -0.1) is 0 Å². The maximum Gasteiger partial charge on any atom is 0.560 e. The van der Waals surface area contributed by atoms with E-state index in [1.807, 2.05) is 0 Å². The highest BCUT2D eigenvalue weighted by Crippen LogP contribution is 2.34. The first-order valence-electron chi connectivity index (χ1n) is 11.8. The number of hydrogen-bond donors (Lipinski definition) is 4. The number of alkyl halides is 3. The molecule has 12 nitrogen and oxygen atoms in total. The van der Waals surface area contributed by atoms with Crippen molar-refractivity contribution < 1.29 is 32.4 Å². The third-order valence-electron chi connectivity index (χ3n) is 5.52. The van der Waals surface area contributed by atoms with Gasteiger partial charge >= 0.3 is 12.3 Å². The van der Waals surface area contributed by atoms with E-state index >= 15 is 0 Å². The molecule has 1 aliphatic heterocycles. The van der Waals surface area contributed by atoms with Gasteiger partial charge in [-0.1, -0.05) is 29.4 Å². The molecule has 0 atom stereocenters. The third kappa shape index (κ3) is 6.67. The summed E-state index contributed by atoms with van der Waals surface area (Å²) in [5.74, 6) is -0.468. The van der Waals surface area contributed by atoms with E-state index in [9.17, 15) is 27.6 Å². The number of rotatable bonds is 8. The predicted molar refractivity (Wildman–Crippen MR) is 138 cm³/mol. The number of aromatic nitrogens is 2. The second-order valence-electron chi connectivity index (χ2n) is 8.98. The molecule has 2 aromatic carbocycles. The largest absolute Gasteiger partial charge is 0.560 e. The molecule has 0 fully saturated rings. The fourth-order valence-corrected chi connectivity index (χ4v) is 3.71. The minimum absolute atomic E-state index is 0.0136. The van der Waals surface area contributed by atoms with Crippen LogP contribution in [0.4, 0.5) is 29.5 Å². The lowest BCUT2D eigenvalue weighted by Crippen LogP contribution is -2.35. The number of hydroxylamine groups is 1. The highest BCUT2D eigenvalue weighted by atomic mass is 19.4. The molecule has 2 heterocycles. The van der Waals surface area contributed by atoms with E-state index in [0.717, 1.165) is 16.7 Å². The SMILES string of the molecule is CC(C)Nc1ncc(-c2cc(N)cc(C(F)(F)F)c2)n(CC(=O)NCc2ccc(C3=NOC(=O)ON3)cc2)c1=O. The molecule has 0 saturated carbocycles. The van der Waals surface area contributed by atoms with Gasteiger partial charge in [-0.3, -0.25) is 19.0 Å². The molecule has 3 aromatic rings. The highest BCUT2D eigenvalue weighted by Gasteiger charge is 2.31. The normalized spacial score (nSPS) is 13.2. The van der Waals surface area contributed by atoms with Crippen LogP contribution in [0.25, 0.3) is 11.3 Å². The summed E-state index contributed by atoms with van der Waals surface area (Å²) >= 11 is 0. The number of halogens is 3.